The number of carbonyl (C=O) groups excluding carboxylic acids is 1. The van der Waals surface area contributed by atoms with Crippen LogP contribution in [0.25, 0.3) is 0 Å². The number of carbonyl (C=O) groups is 1. The molecule has 0 saturated carbocycles. The molecule has 1 amide bonds. The Balaban J connectivity index is 2.95. The van der Waals surface area contributed by atoms with Crippen molar-refractivity contribution in [1.29, 1.82) is 0 Å². The van der Waals surface area contributed by atoms with Crippen molar-refractivity contribution in [3.8, 4) is 0 Å². The van der Waals surface area contributed by atoms with E-state index in [0.29, 0.717) is 10.6 Å². The minimum atomic E-state index is -2.22. The lowest BCUT2D eigenvalue weighted by Gasteiger charge is -2.00. The Morgan fingerprint density at radius 1 is 1.69 bits per heavy atom. The average Bonchev–Trinajstić information content (AvgIpc) is 2.29. The molecular formula is C7H8NO3S2-. The zero-order chi connectivity index (χ0) is 10.0. The molecule has 13 heavy (non-hydrogen) atoms. The Bertz CT molecular complexity index is 359. The number of hydrogen-bond acceptors (Lipinski definition) is 4. The van der Waals surface area contributed by atoms with E-state index in [0.717, 1.165) is 11.3 Å². The summed E-state index contributed by atoms with van der Waals surface area (Å²) in [6.07, 6.45) is 0. The summed E-state index contributed by atoms with van der Waals surface area (Å²) in [7, 11) is 0. The van der Waals surface area contributed by atoms with Gasteiger partial charge in [-0.05, 0) is 29.6 Å². The monoisotopic (exact) mass is 218 g/mol. The molecule has 0 saturated heterocycles. The van der Waals surface area contributed by atoms with E-state index in [9.17, 15) is 13.6 Å². The SMILES string of the molecule is CC(=O)Nc1cc(C)c(S(=O)[O-])s1. The van der Waals surface area contributed by atoms with Crippen LogP contribution < -0.4 is 5.32 Å². The molecule has 1 heterocycles. The number of nitrogens with one attached hydrogen (secondary N) is 1. The van der Waals surface area contributed by atoms with Gasteiger partial charge in [0.25, 0.3) is 0 Å². The summed E-state index contributed by atoms with van der Waals surface area (Å²) in [5, 5.41) is 3.09. The smallest absolute Gasteiger partial charge is 0.221 e. The summed E-state index contributed by atoms with van der Waals surface area (Å²) in [4.78, 5) is 10.6. The van der Waals surface area contributed by atoms with Gasteiger partial charge in [-0.15, -0.1) is 11.3 Å². The number of amides is 1. The summed E-state index contributed by atoms with van der Waals surface area (Å²) in [6.45, 7) is 3.07. The summed E-state index contributed by atoms with van der Waals surface area (Å²) < 4.78 is 21.5. The van der Waals surface area contributed by atoms with Gasteiger partial charge in [0, 0.05) is 6.92 Å². The summed E-state index contributed by atoms with van der Waals surface area (Å²) in [5.41, 5.74) is 0.655. The second-order valence-corrected chi connectivity index (χ2v) is 4.69. The van der Waals surface area contributed by atoms with Crippen molar-refractivity contribution >= 4 is 33.3 Å². The minimum Gasteiger partial charge on any atom is -0.768 e. The molecule has 0 aromatic carbocycles. The van der Waals surface area contributed by atoms with Gasteiger partial charge in [0.2, 0.25) is 5.91 Å². The Morgan fingerprint density at radius 3 is 2.69 bits per heavy atom. The predicted molar refractivity (Wildman–Crippen MR) is 50.5 cm³/mol. The topological polar surface area (TPSA) is 69.2 Å². The van der Waals surface area contributed by atoms with Crippen LogP contribution in [0.1, 0.15) is 12.5 Å². The molecule has 1 aromatic rings. The molecule has 0 aliphatic carbocycles. The van der Waals surface area contributed by atoms with E-state index in [1.54, 1.807) is 13.0 Å². The fraction of sp³-hybridized carbons (Fsp3) is 0.286. The third kappa shape index (κ3) is 2.61. The number of aryl methyl sites for hydroxylation is 1. The molecule has 0 radical (unpaired) electrons. The molecule has 0 bridgehead atoms. The molecule has 1 aromatic heterocycles. The van der Waals surface area contributed by atoms with Crippen LogP contribution in [0.4, 0.5) is 5.00 Å². The Kier molecular flexibility index (Phi) is 3.18. The Morgan fingerprint density at radius 2 is 2.31 bits per heavy atom. The van der Waals surface area contributed by atoms with Gasteiger partial charge < -0.3 is 9.87 Å². The molecule has 0 aliphatic heterocycles. The standard InChI is InChI=1S/C7H9NO3S2/c1-4-3-6(8-5(2)9)12-7(4)13(10)11/h3H,1-2H3,(H,8,9)(H,10,11)/p-1. The lowest BCUT2D eigenvalue weighted by Crippen LogP contribution is -2.03. The number of thiophene rings is 1. The van der Waals surface area contributed by atoms with Crippen LogP contribution in [-0.4, -0.2) is 14.7 Å². The van der Waals surface area contributed by atoms with Gasteiger partial charge in [-0.25, -0.2) is 0 Å². The van der Waals surface area contributed by atoms with Gasteiger partial charge >= 0.3 is 0 Å². The normalized spacial score (nSPS) is 12.5. The second-order valence-electron chi connectivity index (χ2n) is 2.50. The van der Waals surface area contributed by atoms with Crippen molar-refractivity contribution in [3.05, 3.63) is 11.6 Å². The van der Waals surface area contributed by atoms with Gasteiger partial charge in [0.1, 0.15) is 0 Å². The van der Waals surface area contributed by atoms with Gasteiger partial charge in [0.15, 0.2) is 0 Å². The first-order valence-electron chi connectivity index (χ1n) is 3.48. The minimum absolute atomic E-state index is 0.204. The molecule has 1 atom stereocenters. The summed E-state index contributed by atoms with van der Waals surface area (Å²) >= 11 is -1.17. The maximum atomic E-state index is 10.6. The van der Waals surface area contributed by atoms with Crippen LogP contribution in [0.2, 0.25) is 0 Å². The molecule has 1 unspecified atom stereocenters. The molecule has 0 spiro atoms. The lowest BCUT2D eigenvalue weighted by molar-refractivity contribution is -0.114. The van der Waals surface area contributed by atoms with E-state index in [1.807, 2.05) is 0 Å². The average molecular weight is 218 g/mol. The van der Waals surface area contributed by atoms with E-state index in [2.05, 4.69) is 5.32 Å². The zero-order valence-electron chi connectivity index (χ0n) is 7.12. The fourth-order valence-electron chi connectivity index (χ4n) is 0.866. The lowest BCUT2D eigenvalue weighted by atomic mass is 10.4. The predicted octanol–water partition coefficient (Wildman–Crippen LogP) is 1.25. The largest absolute Gasteiger partial charge is 0.768 e. The van der Waals surface area contributed by atoms with Gasteiger partial charge in [-0.1, -0.05) is 0 Å². The summed E-state index contributed by atoms with van der Waals surface area (Å²) in [5.74, 6) is -0.204. The van der Waals surface area contributed by atoms with Crippen molar-refractivity contribution in [1.82, 2.24) is 0 Å². The molecule has 4 nitrogen and oxygen atoms in total. The number of rotatable bonds is 2. The first-order valence-corrected chi connectivity index (χ1v) is 5.37. The third-order valence-corrected chi connectivity index (χ3v) is 3.55. The van der Waals surface area contributed by atoms with Crippen LogP contribution in [0.3, 0.4) is 0 Å². The molecular weight excluding hydrogens is 210 g/mol. The Hall–Kier alpha value is -0.720. The van der Waals surface area contributed by atoms with Crippen LogP contribution in [0.15, 0.2) is 10.3 Å². The van der Waals surface area contributed by atoms with E-state index in [1.165, 1.54) is 6.92 Å². The van der Waals surface area contributed by atoms with Crippen LogP contribution in [-0.2, 0) is 15.9 Å². The van der Waals surface area contributed by atoms with E-state index in [4.69, 9.17) is 0 Å². The molecule has 1 rings (SSSR count). The molecule has 0 aliphatic rings. The number of hydrogen-bond donors (Lipinski definition) is 1. The highest BCUT2D eigenvalue weighted by molar-refractivity contribution is 7.82. The maximum absolute atomic E-state index is 10.6. The quantitative estimate of drug-likeness (QED) is 0.759. The van der Waals surface area contributed by atoms with Crippen molar-refractivity contribution < 1.29 is 13.6 Å². The molecule has 0 fully saturated rings. The highest BCUT2D eigenvalue weighted by atomic mass is 32.2. The van der Waals surface area contributed by atoms with Gasteiger partial charge in [-0.2, -0.15) is 0 Å². The van der Waals surface area contributed by atoms with Crippen LogP contribution in [0, 0.1) is 6.92 Å². The third-order valence-electron chi connectivity index (χ3n) is 1.32. The highest BCUT2D eigenvalue weighted by Gasteiger charge is 2.06. The van der Waals surface area contributed by atoms with Crippen molar-refractivity contribution in [3.63, 3.8) is 0 Å². The summed E-state index contributed by atoms with van der Waals surface area (Å²) in [6, 6.07) is 1.64. The maximum Gasteiger partial charge on any atom is 0.221 e. The van der Waals surface area contributed by atoms with Gasteiger partial charge in [-0.3, -0.25) is 9.00 Å². The highest BCUT2D eigenvalue weighted by Crippen LogP contribution is 2.28. The molecule has 72 valence electrons. The van der Waals surface area contributed by atoms with Crippen LogP contribution in [0.5, 0.6) is 0 Å². The second kappa shape index (κ2) is 3.99. The van der Waals surface area contributed by atoms with E-state index >= 15 is 0 Å². The first kappa shape index (κ1) is 10.4. The molecule has 1 N–H and O–H groups in total. The fourth-order valence-corrected chi connectivity index (χ4v) is 2.58. The van der Waals surface area contributed by atoms with Gasteiger partial charge in [0.05, 0.1) is 9.21 Å². The van der Waals surface area contributed by atoms with Crippen molar-refractivity contribution in [2.45, 2.75) is 18.1 Å². The van der Waals surface area contributed by atoms with Crippen LogP contribution >= 0.6 is 11.3 Å². The number of anilines is 1. The van der Waals surface area contributed by atoms with E-state index in [-0.39, 0.29) is 10.1 Å². The van der Waals surface area contributed by atoms with Crippen molar-refractivity contribution in [2.24, 2.45) is 0 Å². The van der Waals surface area contributed by atoms with Crippen molar-refractivity contribution in [2.75, 3.05) is 5.32 Å². The zero-order valence-corrected chi connectivity index (χ0v) is 8.75. The first-order chi connectivity index (χ1) is 6.00. The molecule has 6 heteroatoms. The van der Waals surface area contributed by atoms with E-state index < -0.39 is 11.1 Å². The Labute approximate surface area is 82.3 Å².